The predicted octanol–water partition coefficient (Wildman–Crippen LogP) is 3.48. The number of H-pyrrole nitrogens is 1. The number of aromatic nitrogens is 3. The molecule has 152 valence electrons. The number of amides is 1. The summed E-state index contributed by atoms with van der Waals surface area (Å²) >= 11 is 0. The normalized spacial score (nSPS) is 11.0. The van der Waals surface area contributed by atoms with Crippen molar-refractivity contribution >= 4 is 16.8 Å². The van der Waals surface area contributed by atoms with E-state index in [1.807, 2.05) is 43.3 Å². The van der Waals surface area contributed by atoms with Crippen molar-refractivity contribution in [2.24, 2.45) is 0 Å². The molecule has 0 aliphatic carbocycles. The van der Waals surface area contributed by atoms with E-state index in [-0.39, 0.29) is 24.4 Å². The van der Waals surface area contributed by atoms with E-state index in [0.717, 1.165) is 5.56 Å². The van der Waals surface area contributed by atoms with Crippen LogP contribution in [-0.4, -0.2) is 32.3 Å². The summed E-state index contributed by atoms with van der Waals surface area (Å²) in [6.45, 7) is 4.40. The Kier molecular flexibility index (Phi) is 5.43. The summed E-state index contributed by atoms with van der Waals surface area (Å²) in [5.41, 5.74) is 1.88. The Hall–Kier alpha value is -3.74. The number of carbonyl (C=O) groups is 1. The first-order valence-corrected chi connectivity index (χ1v) is 9.82. The van der Waals surface area contributed by atoms with E-state index in [0.29, 0.717) is 40.6 Å². The number of benzene rings is 2. The van der Waals surface area contributed by atoms with Crippen molar-refractivity contribution in [3.05, 3.63) is 82.2 Å². The van der Waals surface area contributed by atoms with Gasteiger partial charge in [0.2, 0.25) is 11.8 Å². The van der Waals surface area contributed by atoms with Crippen molar-refractivity contribution in [3.8, 4) is 11.5 Å². The number of likely N-dealkylation sites (N-methyl/N-ethyl adjacent to an activating group) is 1. The molecule has 0 saturated heterocycles. The molecular weight excluding hydrogens is 380 g/mol. The zero-order chi connectivity index (χ0) is 21.1. The molecule has 4 rings (SSSR count). The summed E-state index contributed by atoms with van der Waals surface area (Å²) in [6.07, 6.45) is 0.119. The Bertz CT molecular complexity index is 1240. The van der Waals surface area contributed by atoms with Gasteiger partial charge in [0.15, 0.2) is 0 Å². The standard InChI is InChI=1S/C23H22N4O3/c1-3-27(14-20-24-18-12-8-7-11-17(18)22(29)26-20)21(28)13-19-15(2)30-23(25-19)16-9-5-4-6-10-16/h4-12H,3,13-14H2,1-2H3,(H,24,26,29). The molecule has 0 aliphatic heterocycles. The van der Waals surface area contributed by atoms with E-state index >= 15 is 0 Å². The summed E-state index contributed by atoms with van der Waals surface area (Å²) in [5.74, 6) is 1.47. The molecule has 30 heavy (non-hydrogen) atoms. The van der Waals surface area contributed by atoms with Gasteiger partial charge in [-0.05, 0) is 38.1 Å². The highest BCUT2D eigenvalue weighted by Gasteiger charge is 2.19. The summed E-state index contributed by atoms with van der Waals surface area (Å²) in [6, 6.07) is 16.7. The van der Waals surface area contributed by atoms with Crippen molar-refractivity contribution < 1.29 is 9.21 Å². The number of carbonyl (C=O) groups excluding carboxylic acids is 1. The first kappa shape index (κ1) is 19.6. The third kappa shape index (κ3) is 4.00. The van der Waals surface area contributed by atoms with Gasteiger partial charge in [-0.1, -0.05) is 30.3 Å². The lowest BCUT2D eigenvalue weighted by Crippen LogP contribution is -2.33. The molecule has 2 aromatic carbocycles. The zero-order valence-electron chi connectivity index (χ0n) is 16.9. The SMILES string of the molecule is CCN(Cc1nc2ccccc2c(=O)[nH]1)C(=O)Cc1nc(-c2ccccc2)oc1C. The smallest absolute Gasteiger partial charge is 0.258 e. The zero-order valence-corrected chi connectivity index (χ0v) is 16.9. The van der Waals surface area contributed by atoms with Crippen molar-refractivity contribution in [2.75, 3.05) is 6.54 Å². The fourth-order valence-electron chi connectivity index (χ4n) is 3.32. The first-order chi connectivity index (χ1) is 14.5. The third-order valence-corrected chi connectivity index (χ3v) is 4.97. The molecule has 4 aromatic rings. The van der Waals surface area contributed by atoms with Crippen molar-refractivity contribution in [2.45, 2.75) is 26.8 Å². The fraction of sp³-hybridized carbons (Fsp3) is 0.217. The van der Waals surface area contributed by atoms with E-state index in [9.17, 15) is 9.59 Å². The van der Waals surface area contributed by atoms with E-state index in [1.54, 1.807) is 30.0 Å². The van der Waals surface area contributed by atoms with Crippen LogP contribution in [0.2, 0.25) is 0 Å². The lowest BCUT2D eigenvalue weighted by atomic mass is 10.2. The molecule has 2 heterocycles. The lowest BCUT2D eigenvalue weighted by Gasteiger charge is -2.20. The number of rotatable bonds is 6. The summed E-state index contributed by atoms with van der Waals surface area (Å²) in [4.78, 5) is 38.6. The number of aryl methyl sites for hydroxylation is 1. The Morgan fingerprint density at radius 1 is 1.07 bits per heavy atom. The van der Waals surface area contributed by atoms with Crippen LogP contribution in [0, 0.1) is 6.92 Å². The molecule has 0 fully saturated rings. The van der Waals surface area contributed by atoms with Crippen molar-refractivity contribution in [3.63, 3.8) is 0 Å². The number of oxazole rings is 1. The highest BCUT2D eigenvalue weighted by molar-refractivity contribution is 5.79. The number of para-hydroxylation sites is 1. The van der Waals surface area contributed by atoms with Gasteiger partial charge in [-0.2, -0.15) is 0 Å². The van der Waals surface area contributed by atoms with Crippen LogP contribution in [0.3, 0.4) is 0 Å². The Morgan fingerprint density at radius 3 is 2.57 bits per heavy atom. The average molecular weight is 402 g/mol. The molecule has 0 aliphatic rings. The minimum absolute atomic E-state index is 0.107. The Balaban J connectivity index is 1.53. The molecule has 0 radical (unpaired) electrons. The first-order valence-electron chi connectivity index (χ1n) is 9.82. The van der Waals surface area contributed by atoms with Gasteiger partial charge in [0.25, 0.3) is 5.56 Å². The fourth-order valence-corrected chi connectivity index (χ4v) is 3.32. The van der Waals surface area contributed by atoms with Crippen LogP contribution in [-0.2, 0) is 17.8 Å². The number of aromatic amines is 1. The minimum atomic E-state index is -0.209. The molecule has 0 spiro atoms. The van der Waals surface area contributed by atoms with Gasteiger partial charge in [-0.25, -0.2) is 9.97 Å². The summed E-state index contributed by atoms with van der Waals surface area (Å²) < 4.78 is 5.76. The Labute approximate surface area is 173 Å². The van der Waals surface area contributed by atoms with Crippen LogP contribution in [0.4, 0.5) is 0 Å². The number of hydrogen-bond acceptors (Lipinski definition) is 5. The molecular formula is C23H22N4O3. The van der Waals surface area contributed by atoms with Gasteiger partial charge >= 0.3 is 0 Å². The quantitative estimate of drug-likeness (QED) is 0.533. The molecule has 2 aromatic heterocycles. The van der Waals surface area contributed by atoms with E-state index in [4.69, 9.17) is 4.42 Å². The van der Waals surface area contributed by atoms with E-state index < -0.39 is 0 Å². The van der Waals surface area contributed by atoms with E-state index in [2.05, 4.69) is 15.0 Å². The Morgan fingerprint density at radius 2 is 1.80 bits per heavy atom. The van der Waals surface area contributed by atoms with Crippen LogP contribution < -0.4 is 5.56 Å². The van der Waals surface area contributed by atoms with Crippen LogP contribution in [0.25, 0.3) is 22.4 Å². The minimum Gasteiger partial charge on any atom is -0.441 e. The van der Waals surface area contributed by atoms with Gasteiger partial charge in [0, 0.05) is 12.1 Å². The molecule has 1 N–H and O–H groups in total. The second kappa shape index (κ2) is 8.32. The highest BCUT2D eigenvalue weighted by Crippen LogP contribution is 2.22. The maximum atomic E-state index is 12.9. The van der Waals surface area contributed by atoms with Crippen molar-refractivity contribution in [1.29, 1.82) is 0 Å². The highest BCUT2D eigenvalue weighted by atomic mass is 16.4. The lowest BCUT2D eigenvalue weighted by molar-refractivity contribution is -0.131. The van der Waals surface area contributed by atoms with Crippen LogP contribution in [0.15, 0.2) is 63.8 Å². The van der Waals surface area contributed by atoms with Gasteiger partial charge in [-0.3, -0.25) is 9.59 Å². The number of fused-ring (bicyclic) bond motifs is 1. The number of nitrogens with zero attached hydrogens (tertiary/aromatic N) is 3. The summed E-state index contributed by atoms with van der Waals surface area (Å²) in [7, 11) is 0. The van der Waals surface area contributed by atoms with E-state index in [1.165, 1.54) is 0 Å². The second-order valence-electron chi connectivity index (χ2n) is 7.00. The summed E-state index contributed by atoms with van der Waals surface area (Å²) in [5, 5.41) is 0.530. The molecule has 0 unspecified atom stereocenters. The van der Waals surface area contributed by atoms with Gasteiger partial charge < -0.3 is 14.3 Å². The molecule has 7 heteroatoms. The number of hydrogen-bond donors (Lipinski definition) is 1. The monoisotopic (exact) mass is 402 g/mol. The number of nitrogens with one attached hydrogen (secondary N) is 1. The largest absolute Gasteiger partial charge is 0.441 e. The maximum Gasteiger partial charge on any atom is 0.258 e. The van der Waals surface area contributed by atoms with Crippen LogP contribution in [0.5, 0.6) is 0 Å². The maximum absolute atomic E-state index is 12.9. The third-order valence-electron chi connectivity index (χ3n) is 4.97. The van der Waals surface area contributed by atoms with Crippen molar-refractivity contribution in [1.82, 2.24) is 19.9 Å². The van der Waals surface area contributed by atoms with Gasteiger partial charge in [0.1, 0.15) is 11.6 Å². The second-order valence-corrected chi connectivity index (χ2v) is 7.00. The topological polar surface area (TPSA) is 92.1 Å². The molecule has 0 atom stereocenters. The van der Waals surface area contributed by atoms with Gasteiger partial charge in [-0.15, -0.1) is 0 Å². The molecule has 0 bridgehead atoms. The van der Waals surface area contributed by atoms with Crippen LogP contribution >= 0.6 is 0 Å². The molecule has 1 amide bonds. The predicted molar refractivity (Wildman–Crippen MR) is 114 cm³/mol. The average Bonchev–Trinajstić information content (AvgIpc) is 3.13. The molecule has 7 nitrogen and oxygen atoms in total. The molecule has 0 saturated carbocycles. The van der Waals surface area contributed by atoms with Gasteiger partial charge in [0.05, 0.1) is 29.6 Å². The van der Waals surface area contributed by atoms with Crippen LogP contribution in [0.1, 0.15) is 24.2 Å².